The number of carboxylic acids is 1. The van der Waals surface area contributed by atoms with Gasteiger partial charge in [0.25, 0.3) is 10.0 Å². The molecule has 1 saturated heterocycles. The zero-order valence-electron chi connectivity index (χ0n) is 22.2. The van der Waals surface area contributed by atoms with Crippen LogP contribution in [0.25, 0.3) is 10.8 Å². The van der Waals surface area contributed by atoms with Gasteiger partial charge < -0.3 is 14.7 Å². The van der Waals surface area contributed by atoms with E-state index in [9.17, 15) is 26.4 Å². The molecule has 1 aromatic heterocycles. The summed E-state index contributed by atoms with van der Waals surface area (Å²) in [4.78, 5) is 17.1. The number of hydrogen-bond donors (Lipinski definition) is 1. The van der Waals surface area contributed by atoms with E-state index in [4.69, 9.17) is 9.84 Å². The van der Waals surface area contributed by atoms with Crippen LogP contribution in [0.2, 0.25) is 0 Å². The maximum absolute atomic E-state index is 13.8. The topological polar surface area (TPSA) is 100 Å². The maximum Gasteiger partial charge on any atom is 0.416 e. The minimum atomic E-state index is -4.72. The third-order valence-corrected chi connectivity index (χ3v) is 9.47. The number of sulfonamides is 1. The number of hydrogen-bond acceptors (Lipinski definition) is 6. The Morgan fingerprint density at radius 3 is 2.55 bits per heavy atom. The van der Waals surface area contributed by atoms with E-state index in [1.54, 1.807) is 18.3 Å². The Balaban J connectivity index is 1.32. The fraction of sp³-hybridized carbons (Fsp3) is 0.267. The van der Waals surface area contributed by atoms with Gasteiger partial charge >= 0.3 is 12.1 Å². The van der Waals surface area contributed by atoms with E-state index < -0.39 is 38.7 Å². The normalized spacial score (nSPS) is 17.5. The number of halogens is 3. The molecule has 8 nitrogen and oxygen atoms in total. The largest absolute Gasteiger partial charge is 0.486 e. The highest BCUT2D eigenvalue weighted by molar-refractivity contribution is 7.92. The zero-order chi connectivity index (χ0) is 29.6. The van der Waals surface area contributed by atoms with Gasteiger partial charge in [0.15, 0.2) is 0 Å². The van der Waals surface area contributed by atoms with Crippen LogP contribution in [0.1, 0.15) is 29.9 Å². The third-order valence-electron chi connectivity index (χ3n) is 7.70. The van der Waals surface area contributed by atoms with Crippen molar-refractivity contribution in [2.45, 2.75) is 35.9 Å². The number of nitrogens with zero attached hydrogens (tertiary/aromatic N) is 3. The van der Waals surface area contributed by atoms with Crippen molar-refractivity contribution >= 4 is 38.1 Å². The molecule has 12 heteroatoms. The molecule has 0 amide bonds. The van der Waals surface area contributed by atoms with Gasteiger partial charge in [-0.1, -0.05) is 24.3 Å². The molecule has 218 valence electrons. The van der Waals surface area contributed by atoms with Crippen LogP contribution in [0.4, 0.5) is 24.5 Å². The van der Waals surface area contributed by atoms with Crippen LogP contribution in [0.3, 0.4) is 0 Å². The summed E-state index contributed by atoms with van der Waals surface area (Å²) in [6.45, 7) is 1.13. The van der Waals surface area contributed by atoms with Crippen molar-refractivity contribution in [1.29, 1.82) is 0 Å². The van der Waals surface area contributed by atoms with Crippen molar-refractivity contribution in [2.24, 2.45) is 0 Å². The lowest BCUT2D eigenvalue weighted by atomic mass is 9.89. The Morgan fingerprint density at radius 1 is 1.00 bits per heavy atom. The molecule has 2 aliphatic rings. The number of carbonyl (C=O) groups is 1. The minimum absolute atomic E-state index is 0.0310. The number of benzene rings is 3. The minimum Gasteiger partial charge on any atom is -0.486 e. The molecule has 3 aromatic carbocycles. The van der Waals surface area contributed by atoms with E-state index in [-0.39, 0.29) is 36.7 Å². The number of rotatable bonds is 7. The quantitative estimate of drug-likeness (QED) is 0.293. The van der Waals surface area contributed by atoms with Gasteiger partial charge in [0.05, 0.1) is 22.7 Å². The van der Waals surface area contributed by atoms with Crippen LogP contribution in [0, 0.1) is 0 Å². The standard InChI is InChI=1S/C30H26F3N3O5S/c31-30(32,33)22-4-2-5-24(14-22)42(39,40)36-18-23(8-10-29(37)38)41-28-9-7-19(13-27(28)36)21-16-35(17-21)26-6-1-3-20-15-34-12-11-25(20)26/h1-7,9,11-15,21,23H,8,10,16-18H2,(H,37,38)/t23-/m0/s1. The van der Waals surface area contributed by atoms with E-state index in [1.807, 2.05) is 36.5 Å². The Kier molecular flexibility index (Phi) is 6.96. The average molecular weight is 598 g/mol. The van der Waals surface area contributed by atoms with E-state index in [1.165, 1.54) is 0 Å². The Labute approximate surface area is 240 Å². The van der Waals surface area contributed by atoms with Crippen molar-refractivity contribution < 1.29 is 36.2 Å². The van der Waals surface area contributed by atoms with Crippen molar-refractivity contribution in [2.75, 3.05) is 28.8 Å². The molecule has 42 heavy (non-hydrogen) atoms. The summed E-state index contributed by atoms with van der Waals surface area (Å²) in [6, 6.07) is 16.8. The molecule has 3 heterocycles. The molecule has 6 rings (SSSR count). The number of fused-ring (bicyclic) bond motifs is 2. The van der Waals surface area contributed by atoms with Gasteiger partial charge in [-0.05, 0) is 54.4 Å². The first-order valence-corrected chi connectivity index (χ1v) is 14.7. The Bertz CT molecular complexity index is 1770. The zero-order valence-corrected chi connectivity index (χ0v) is 23.0. The summed E-state index contributed by atoms with van der Waals surface area (Å²) in [7, 11) is -4.45. The molecule has 0 saturated carbocycles. The molecule has 0 radical (unpaired) electrons. The molecule has 2 aliphatic heterocycles. The van der Waals surface area contributed by atoms with Gasteiger partial charge in [-0.25, -0.2) is 8.42 Å². The average Bonchev–Trinajstić information content (AvgIpc) is 2.94. The predicted octanol–water partition coefficient (Wildman–Crippen LogP) is 5.68. The van der Waals surface area contributed by atoms with Crippen LogP contribution in [-0.4, -0.2) is 50.2 Å². The van der Waals surface area contributed by atoms with Gasteiger partial charge in [-0.3, -0.25) is 14.1 Å². The monoisotopic (exact) mass is 597 g/mol. The molecule has 0 aliphatic carbocycles. The lowest BCUT2D eigenvalue weighted by Crippen LogP contribution is -2.46. The smallest absolute Gasteiger partial charge is 0.416 e. The van der Waals surface area contributed by atoms with Gasteiger partial charge in [0, 0.05) is 54.3 Å². The highest BCUT2D eigenvalue weighted by Gasteiger charge is 2.38. The SMILES string of the molecule is O=C(O)CC[C@H]1CN(S(=O)(=O)c2cccc(C(F)(F)F)c2)c2cc(C3CN(c4cccc5cnccc45)C3)ccc2O1. The molecular formula is C30H26F3N3O5S. The number of aromatic nitrogens is 1. The molecule has 0 bridgehead atoms. The third kappa shape index (κ3) is 5.22. The Morgan fingerprint density at radius 2 is 1.79 bits per heavy atom. The first-order chi connectivity index (χ1) is 20.0. The second kappa shape index (κ2) is 10.5. The first kappa shape index (κ1) is 27.8. The number of carboxylic acid groups (broad SMARTS) is 1. The molecule has 1 fully saturated rings. The fourth-order valence-electron chi connectivity index (χ4n) is 5.47. The number of aliphatic carboxylic acids is 1. The summed E-state index contributed by atoms with van der Waals surface area (Å²) in [5.41, 5.74) is 1.07. The lowest BCUT2D eigenvalue weighted by Gasteiger charge is -2.43. The van der Waals surface area contributed by atoms with Gasteiger partial charge in [0.1, 0.15) is 11.9 Å². The first-order valence-electron chi connectivity index (χ1n) is 13.3. The molecular weight excluding hydrogens is 571 g/mol. The van der Waals surface area contributed by atoms with E-state index >= 15 is 0 Å². The van der Waals surface area contributed by atoms with Crippen LogP contribution in [0.15, 0.2) is 84.0 Å². The molecule has 4 aromatic rings. The highest BCUT2D eigenvalue weighted by Crippen LogP contribution is 2.43. The number of pyridine rings is 1. The summed E-state index contributed by atoms with van der Waals surface area (Å²) in [6.07, 6.45) is -2.18. The second-order valence-electron chi connectivity index (χ2n) is 10.4. The highest BCUT2D eigenvalue weighted by atomic mass is 32.2. The van der Waals surface area contributed by atoms with E-state index in [0.717, 1.165) is 44.5 Å². The molecule has 1 atom stereocenters. The van der Waals surface area contributed by atoms with Crippen molar-refractivity contribution in [1.82, 2.24) is 4.98 Å². The lowest BCUT2D eigenvalue weighted by molar-refractivity contribution is -0.138. The molecule has 0 unspecified atom stereocenters. The molecule has 1 N–H and O–H groups in total. The summed E-state index contributed by atoms with van der Waals surface area (Å²) >= 11 is 0. The van der Waals surface area contributed by atoms with Gasteiger partial charge in [0.2, 0.25) is 0 Å². The van der Waals surface area contributed by atoms with Gasteiger partial charge in [-0.15, -0.1) is 0 Å². The van der Waals surface area contributed by atoms with Crippen molar-refractivity contribution in [3.8, 4) is 5.75 Å². The predicted molar refractivity (Wildman–Crippen MR) is 150 cm³/mol. The summed E-state index contributed by atoms with van der Waals surface area (Å²) in [5.74, 6) is -0.757. The summed E-state index contributed by atoms with van der Waals surface area (Å²) < 4.78 is 74.9. The van der Waals surface area contributed by atoms with E-state index in [2.05, 4.69) is 9.88 Å². The number of anilines is 2. The van der Waals surface area contributed by atoms with Gasteiger partial charge in [-0.2, -0.15) is 13.2 Å². The van der Waals surface area contributed by atoms with Crippen molar-refractivity contribution in [3.05, 3.63) is 90.3 Å². The van der Waals surface area contributed by atoms with Crippen molar-refractivity contribution in [3.63, 3.8) is 0 Å². The van der Waals surface area contributed by atoms with Crippen LogP contribution in [0.5, 0.6) is 5.75 Å². The van der Waals surface area contributed by atoms with Crippen LogP contribution in [-0.2, 0) is 21.0 Å². The number of ether oxygens (including phenoxy) is 1. The Hall–Kier alpha value is -4.32. The number of alkyl halides is 3. The molecule has 0 spiro atoms. The van der Waals surface area contributed by atoms with E-state index in [0.29, 0.717) is 19.2 Å². The van der Waals surface area contributed by atoms with Crippen LogP contribution >= 0.6 is 0 Å². The second-order valence-corrected chi connectivity index (χ2v) is 12.3. The summed E-state index contributed by atoms with van der Waals surface area (Å²) in [5, 5.41) is 11.2. The van der Waals surface area contributed by atoms with Crippen LogP contribution < -0.4 is 13.9 Å². The fourth-order valence-corrected chi connectivity index (χ4v) is 7.02. The maximum atomic E-state index is 13.8.